The first-order valence-corrected chi connectivity index (χ1v) is 9.51. The lowest BCUT2D eigenvalue weighted by atomic mass is 10.1. The van der Waals surface area contributed by atoms with E-state index in [4.69, 9.17) is 9.57 Å². The van der Waals surface area contributed by atoms with Gasteiger partial charge in [0.1, 0.15) is 18.9 Å². The number of rotatable bonds is 5. The number of anilines is 1. The van der Waals surface area contributed by atoms with E-state index in [2.05, 4.69) is 5.32 Å². The first kappa shape index (κ1) is 18.8. The molecule has 1 heterocycles. The molecule has 3 aromatic rings. The number of hydrogen-bond donors (Lipinski definition) is 1. The maximum Gasteiger partial charge on any atom is 0.409 e. The molecule has 5 heteroatoms. The smallest absolute Gasteiger partial charge is 0.409 e. The summed E-state index contributed by atoms with van der Waals surface area (Å²) >= 11 is 0. The van der Waals surface area contributed by atoms with E-state index in [9.17, 15) is 4.79 Å². The number of nitrogens with one attached hydrogen (secondary N) is 1. The zero-order valence-corrected chi connectivity index (χ0v) is 15.8. The number of alkyl carbamates (subject to hydrolysis) is 1. The van der Waals surface area contributed by atoms with Crippen LogP contribution < -0.4 is 10.4 Å². The Hall–Kier alpha value is -3.57. The SMILES string of the molecule is O=C(N[C@@H]1C=C[C@H](c2ccccc2)ON1c1ccccc1)OCc1ccccc1. The third-order valence-corrected chi connectivity index (χ3v) is 4.57. The highest BCUT2D eigenvalue weighted by molar-refractivity contribution is 5.68. The minimum atomic E-state index is -0.508. The van der Waals surface area contributed by atoms with Crippen molar-refractivity contribution in [3.8, 4) is 0 Å². The van der Waals surface area contributed by atoms with Gasteiger partial charge in [-0.05, 0) is 35.4 Å². The van der Waals surface area contributed by atoms with Crippen molar-refractivity contribution in [3.63, 3.8) is 0 Å². The van der Waals surface area contributed by atoms with Crippen LogP contribution in [0.25, 0.3) is 0 Å². The Balaban J connectivity index is 1.48. The van der Waals surface area contributed by atoms with Crippen LogP contribution in [0.4, 0.5) is 10.5 Å². The molecule has 0 unspecified atom stereocenters. The molecule has 29 heavy (non-hydrogen) atoms. The molecule has 0 aliphatic carbocycles. The summed E-state index contributed by atoms with van der Waals surface area (Å²) in [5, 5.41) is 4.56. The molecule has 1 aliphatic heterocycles. The number of hydroxylamine groups is 1. The fourth-order valence-corrected chi connectivity index (χ4v) is 3.11. The summed E-state index contributed by atoms with van der Waals surface area (Å²) in [4.78, 5) is 18.6. The molecule has 4 rings (SSSR count). The van der Waals surface area contributed by atoms with E-state index in [1.54, 1.807) is 5.06 Å². The lowest BCUT2D eigenvalue weighted by Gasteiger charge is -2.36. The van der Waals surface area contributed by atoms with E-state index in [1.807, 2.05) is 103 Å². The van der Waals surface area contributed by atoms with E-state index < -0.39 is 12.3 Å². The van der Waals surface area contributed by atoms with Crippen LogP contribution in [0, 0.1) is 0 Å². The van der Waals surface area contributed by atoms with Crippen molar-refractivity contribution in [3.05, 3.63) is 114 Å². The molecule has 1 aliphatic rings. The van der Waals surface area contributed by atoms with Crippen LogP contribution in [-0.2, 0) is 16.2 Å². The summed E-state index contributed by atoms with van der Waals surface area (Å²) in [6, 6.07) is 29.2. The number of nitrogens with zero attached hydrogens (tertiary/aromatic N) is 1. The van der Waals surface area contributed by atoms with Crippen LogP contribution in [0.5, 0.6) is 0 Å². The molecule has 1 N–H and O–H groups in total. The predicted octanol–water partition coefficient (Wildman–Crippen LogP) is 4.99. The van der Waals surface area contributed by atoms with E-state index >= 15 is 0 Å². The van der Waals surface area contributed by atoms with Crippen LogP contribution >= 0.6 is 0 Å². The van der Waals surface area contributed by atoms with Gasteiger partial charge in [-0.2, -0.15) is 0 Å². The maximum absolute atomic E-state index is 12.4. The van der Waals surface area contributed by atoms with Gasteiger partial charge in [-0.25, -0.2) is 9.86 Å². The van der Waals surface area contributed by atoms with E-state index in [-0.39, 0.29) is 12.7 Å². The normalized spacial score (nSPS) is 18.3. The molecule has 0 spiro atoms. The number of para-hydroxylation sites is 1. The van der Waals surface area contributed by atoms with Crippen molar-refractivity contribution in [1.29, 1.82) is 0 Å². The van der Waals surface area contributed by atoms with Crippen molar-refractivity contribution in [2.24, 2.45) is 0 Å². The standard InChI is InChI=1S/C24H22N2O3/c27-24(28-18-19-10-4-1-5-11-19)25-23-17-16-22(20-12-6-2-7-13-20)29-26(23)21-14-8-3-9-15-21/h1-17,22-23H,18H2,(H,25,27)/t22-,23+/m1/s1. The minimum absolute atomic E-state index is 0.210. The second-order valence-corrected chi connectivity index (χ2v) is 6.63. The van der Waals surface area contributed by atoms with Gasteiger partial charge in [-0.15, -0.1) is 0 Å². The average molecular weight is 386 g/mol. The van der Waals surface area contributed by atoms with Crippen molar-refractivity contribution in [1.82, 2.24) is 5.32 Å². The van der Waals surface area contributed by atoms with Gasteiger partial charge in [0.15, 0.2) is 0 Å². The molecule has 0 fully saturated rings. The average Bonchev–Trinajstić information content (AvgIpc) is 2.80. The van der Waals surface area contributed by atoms with Crippen molar-refractivity contribution < 1.29 is 14.4 Å². The fraction of sp³-hybridized carbons (Fsp3) is 0.125. The van der Waals surface area contributed by atoms with Crippen molar-refractivity contribution in [2.45, 2.75) is 18.9 Å². The lowest BCUT2D eigenvalue weighted by Crippen LogP contribution is -2.49. The first-order chi connectivity index (χ1) is 14.3. The minimum Gasteiger partial charge on any atom is -0.445 e. The van der Waals surface area contributed by atoms with Gasteiger partial charge in [0.25, 0.3) is 0 Å². The Morgan fingerprint density at radius 3 is 2.17 bits per heavy atom. The van der Waals surface area contributed by atoms with E-state index in [0.29, 0.717) is 0 Å². The Kier molecular flexibility index (Phi) is 5.88. The molecule has 0 bridgehead atoms. The van der Waals surface area contributed by atoms with Crippen LogP contribution in [0.3, 0.4) is 0 Å². The molecule has 146 valence electrons. The summed E-state index contributed by atoms with van der Waals surface area (Å²) in [6.07, 6.45) is 2.62. The quantitative estimate of drug-likeness (QED) is 0.628. The first-order valence-electron chi connectivity index (χ1n) is 9.51. The van der Waals surface area contributed by atoms with Gasteiger partial charge < -0.3 is 4.74 Å². The Labute approximate surface area is 170 Å². The van der Waals surface area contributed by atoms with Crippen LogP contribution in [-0.4, -0.2) is 12.3 Å². The zero-order chi connectivity index (χ0) is 19.9. The maximum atomic E-state index is 12.4. The number of hydrogen-bond acceptors (Lipinski definition) is 4. The number of carbonyl (C=O) groups excluding carboxylic acids is 1. The summed E-state index contributed by atoms with van der Waals surface area (Å²) < 4.78 is 5.36. The van der Waals surface area contributed by atoms with Gasteiger partial charge in [0.2, 0.25) is 0 Å². The van der Waals surface area contributed by atoms with Gasteiger partial charge in [0, 0.05) is 0 Å². The molecule has 3 aromatic carbocycles. The monoisotopic (exact) mass is 386 g/mol. The number of carbonyl (C=O) groups is 1. The molecule has 1 amide bonds. The highest BCUT2D eigenvalue weighted by atomic mass is 16.7. The van der Waals surface area contributed by atoms with Gasteiger partial charge in [-0.1, -0.05) is 78.9 Å². The molecule has 5 nitrogen and oxygen atoms in total. The molecule has 0 aromatic heterocycles. The predicted molar refractivity (Wildman–Crippen MR) is 112 cm³/mol. The largest absolute Gasteiger partial charge is 0.445 e. The number of ether oxygens (including phenoxy) is 1. The second kappa shape index (κ2) is 9.08. The Morgan fingerprint density at radius 1 is 0.862 bits per heavy atom. The summed E-state index contributed by atoms with van der Waals surface area (Å²) in [5.74, 6) is 0. The van der Waals surface area contributed by atoms with Crippen molar-refractivity contribution in [2.75, 3.05) is 5.06 Å². The Bertz CT molecular complexity index is 946. The highest BCUT2D eigenvalue weighted by Crippen LogP contribution is 2.29. The molecular formula is C24H22N2O3. The topological polar surface area (TPSA) is 50.8 Å². The van der Waals surface area contributed by atoms with Crippen LogP contribution in [0.1, 0.15) is 17.2 Å². The third-order valence-electron chi connectivity index (χ3n) is 4.57. The number of benzene rings is 3. The van der Waals surface area contributed by atoms with Gasteiger partial charge in [0.05, 0.1) is 5.69 Å². The number of amides is 1. The molecule has 0 saturated carbocycles. The summed E-state index contributed by atoms with van der Waals surface area (Å²) in [6.45, 7) is 0.210. The molecule has 0 saturated heterocycles. The Morgan fingerprint density at radius 2 is 1.48 bits per heavy atom. The van der Waals surface area contributed by atoms with Crippen LogP contribution in [0.2, 0.25) is 0 Å². The zero-order valence-electron chi connectivity index (χ0n) is 15.8. The lowest BCUT2D eigenvalue weighted by molar-refractivity contribution is 0.0326. The molecule has 0 radical (unpaired) electrons. The van der Waals surface area contributed by atoms with Crippen LogP contribution in [0.15, 0.2) is 103 Å². The summed E-state index contributed by atoms with van der Waals surface area (Å²) in [7, 11) is 0. The van der Waals surface area contributed by atoms with Crippen molar-refractivity contribution >= 4 is 11.8 Å². The second-order valence-electron chi connectivity index (χ2n) is 6.63. The van der Waals surface area contributed by atoms with E-state index in [1.165, 1.54) is 0 Å². The summed E-state index contributed by atoms with van der Waals surface area (Å²) in [5.41, 5.74) is 2.81. The molecule has 2 atom stereocenters. The van der Waals surface area contributed by atoms with Gasteiger partial charge in [-0.3, -0.25) is 10.2 Å². The fourth-order valence-electron chi connectivity index (χ4n) is 3.11. The van der Waals surface area contributed by atoms with E-state index in [0.717, 1.165) is 16.8 Å². The highest BCUT2D eigenvalue weighted by Gasteiger charge is 2.28. The third kappa shape index (κ3) is 4.83. The molecular weight excluding hydrogens is 364 g/mol. The van der Waals surface area contributed by atoms with Gasteiger partial charge >= 0.3 is 6.09 Å².